The molecule has 0 radical (unpaired) electrons. The molecule has 186 valence electrons. The van der Waals surface area contributed by atoms with Gasteiger partial charge in [-0.3, -0.25) is 9.69 Å². The van der Waals surface area contributed by atoms with Crippen molar-refractivity contribution in [3.8, 4) is 0 Å². The summed E-state index contributed by atoms with van der Waals surface area (Å²) in [7, 11) is 1.74. The monoisotopic (exact) mass is 493 g/mol. The zero-order valence-corrected chi connectivity index (χ0v) is 21.6. The summed E-state index contributed by atoms with van der Waals surface area (Å²) < 4.78 is 10.2. The molecule has 1 N–H and O–H groups in total. The molecule has 0 unspecified atom stereocenters. The van der Waals surface area contributed by atoms with E-state index in [0.717, 1.165) is 69.8 Å². The maximum Gasteiger partial charge on any atom is 0.321 e. The lowest BCUT2D eigenvalue weighted by Gasteiger charge is -2.35. The molecule has 0 bridgehead atoms. The molecular weight excluding hydrogens is 458 g/mol. The van der Waals surface area contributed by atoms with E-state index >= 15 is 0 Å². The number of ether oxygens (including phenoxy) is 1. The van der Waals surface area contributed by atoms with Gasteiger partial charge in [-0.1, -0.05) is 24.8 Å². The summed E-state index contributed by atoms with van der Waals surface area (Å²) in [4.78, 5) is 20.3. The van der Waals surface area contributed by atoms with E-state index in [1.54, 1.807) is 18.6 Å². The molecule has 2 aliphatic heterocycles. The van der Waals surface area contributed by atoms with Crippen molar-refractivity contribution >= 4 is 35.1 Å². The third kappa shape index (κ3) is 5.15. The molecule has 3 aliphatic rings. The molecule has 2 aromatic rings. The van der Waals surface area contributed by atoms with Crippen LogP contribution in [0.2, 0.25) is 0 Å². The molecule has 0 atom stereocenters. The smallest absolute Gasteiger partial charge is 0.321 e. The van der Waals surface area contributed by atoms with Crippen molar-refractivity contribution in [2.24, 2.45) is 0 Å². The van der Waals surface area contributed by atoms with Crippen LogP contribution in [0.15, 0.2) is 30.5 Å². The molecule has 0 spiro atoms. The first-order valence-corrected chi connectivity index (χ1v) is 13.3. The highest BCUT2D eigenvalue weighted by atomic mass is 32.1. The number of esters is 1. The average molecular weight is 494 g/mol. The van der Waals surface area contributed by atoms with E-state index in [1.807, 2.05) is 4.90 Å². The number of carbonyl (C=O) groups is 1. The van der Waals surface area contributed by atoms with Gasteiger partial charge in [0.05, 0.1) is 6.54 Å². The Bertz CT molecular complexity index is 1130. The van der Waals surface area contributed by atoms with Gasteiger partial charge in [0.2, 0.25) is 0 Å². The summed E-state index contributed by atoms with van der Waals surface area (Å²) in [6.45, 7) is 12.1. The number of hydrogen-bond acceptors (Lipinski definition) is 8. The molecule has 0 amide bonds. The highest BCUT2D eigenvalue weighted by Gasteiger charge is 2.26. The van der Waals surface area contributed by atoms with E-state index in [9.17, 15) is 4.79 Å². The number of nitrogens with zero attached hydrogens (tertiary/aromatic N) is 4. The summed E-state index contributed by atoms with van der Waals surface area (Å²) in [6.07, 6.45) is 8.66. The second-order valence-corrected chi connectivity index (χ2v) is 10.5. The highest BCUT2D eigenvalue weighted by molar-refractivity contribution is 7.06. The van der Waals surface area contributed by atoms with Gasteiger partial charge in [0.1, 0.15) is 5.82 Å². The number of anilines is 2. The third-order valence-corrected chi connectivity index (χ3v) is 8.16. The minimum Gasteiger partial charge on any atom is -0.443 e. The van der Waals surface area contributed by atoms with Crippen molar-refractivity contribution in [2.45, 2.75) is 32.6 Å². The number of rotatable bonds is 8. The van der Waals surface area contributed by atoms with Crippen molar-refractivity contribution < 1.29 is 9.53 Å². The first-order chi connectivity index (χ1) is 17.0. The van der Waals surface area contributed by atoms with Gasteiger partial charge in [0, 0.05) is 61.0 Å². The van der Waals surface area contributed by atoms with Gasteiger partial charge >= 0.3 is 5.97 Å². The molecule has 7 nitrogen and oxygen atoms in total. The van der Waals surface area contributed by atoms with Crippen LogP contribution in [0.4, 0.5) is 11.5 Å². The number of piperazine rings is 1. The molecule has 5 rings (SSSR count). The summed E-state index contributed by atoms with van der Waals surface area (Å²) in [5.41, 5.74) is 7.39. The predicted molar refractivity (Wildman–Crippen MR) is 143 cm³/mol. The number of carbonyl (C=O) groups excluding carboxylic acids is 1. The molecule has 8 heteroatoms. The number of fused-ring (bicyclic) bond motifs is 2. The Morgan fingerprint density at radius 3 is 2.89 bits per heavy atom. The maximum atomic E-state index is 11.8. The van der Waals surface area contributed by atoms with Crippen LogP contribution in [0.1, 0.15) is 33.6 Å². The third-order valence-electron chi connectivity index (χ3n) is 7.26. The summed E-state index contributed by atoms with van der Waals surface area (Å²) in [5.74, 6) is 0.935. The average Bonchev–Trinajstić information content (AvgIpc) is 3.42. The zero-order chi connectivity index (χ0) is 24.4. The van der Waals surface area contributed by atoms with Gasteiger partial charge in [-0.2, -0.15) is 4.37 Å². The van der Waals surface area contributed by atoms with E-state index < -0.39 is 0 Å². The molecule has 1 fully saturated rings. The summed E-state index contributed by atoms with van der Waals surface area (Å²) in [6, 6.07) is 4.56. The minimum absolute atomic E-state index is 0.211. The van der Waals surface area contributed by atoms with Gasteiger partial charge < -0.3 is 19.9 Å². The second kappa shape index (κ2) is 10.5. The molecule has 35 heavy (non-hydrogen) atoms. The van der Waals surface area contributed by atoms with Gasteiger partial charge in [0.25, 0.3) is 0 Å². The Labute approximate surface area is 212 Å². The summed E-state index contributed by atoms with van der Waals surface area (Å²) in [5, 5.41) is 2.82. The molecule has 3 heterocycles. The Balaban J connectivity index is 1.16. The van der Waals surface area contributed by atoms with E-state index in [4.69, 9.17) is 9.11 Å². The van der Waals surface area contributed by atoms with E-state index in [1.165, 1.54) is 32.9 Å². The molecule has 0 saturated carbocycles. The largest absolute Gasteiger partial charge is 0.443 e. The maximum absolute atomic E-state index is 11.8. The number of likely N-dealkylation sites (N-methyl/N-ethyl adjacent to an activating group) is 1. The SMILES string of the molecule is C=C1Cc2cc(CCN3CCN(c4nsc5c4C=CCC5)CC3)c(C)cc2N1COC(=O)CNC. The van der Waals surface area contributed by atoms with Crippen molar-refractivity contribution in [3.63, 3.8) is 0 Å². The molecule has 1 aromatic heterocycles. The number of aryl methyl sites for hydroxylation is 2. The van der Waals surface area contributed by atoms with Gasteiger partial charge in [-0.25, -0.2) is 0 Å². The van der Waals surface area contributed by atoms with Crippen LogP contribution in [0.3, 0.4) is 0 Å². The van der Waals surface area contributed by atoms with Crippen molar-refractivity contribution in [2.75, 3.05) is 62.8 Å². The standard InChI is InChI=1S/C27H35N5O2S/c1-19-14-24-22(15-20(2)32(24)18-34-26(33)17-28-3)16-21(19)8-9-30-10-12-31(13-11-30)27-23-6-4-5-7-25(23)35-29-27/h4,6,14,16,28H,2,5,7-13,15,17-18H2,1,3H3. The van der Waals surface area contributed by atoms with Crippen LogP contribution in [-0.4, -0.2) is 68.3 Å². The van der Waals surface area contributed by atoms with Crippen LogP contribution in [0.25, 0.3) is 6.08 Å². The van der Waals surface area contributed by atoms with Crippen molar-refractivity contribution in [3.05, 3.63) is 57.6 Å². The van der Waals surface area contributed by atoms with Crippen molar-refractivity contribution in [1.29, 1.82) is 0 Å². The Kier molecular flexibility index (Phi) is 7.22. The highest BCUT2D eigenvalue weighted by Crippen LogP contribution is 2.36. The quantitative estimate of drug-likeness (QED) is 0.566. The van der Waals surface area contributed by atoms with Crippen LogP contribution < -0.4 is 15.1 Å². The molecule has 1 aromatic carbocycles. The Morgan fingerprint density at radius 1 is 1.26 bits per heavy atom. The predicted octanol–water partition coefficient (Wildman–Crippen LogP) is 3.37. The van der Waals surface area contributed by atoms with Gasteiger partial charge in [-0.05, 0) is 67.5 Å². The lowest BCUT2D eigenvalue weighted by Crippen LogP contribution is -2.47. The zero-order valence-electron chi connectivity index (χ0n) is 20.8. The first kappa shape index (κ1) is 24.0. The summed E-state index contributed by atoms with van der Waals surface area (Å²) >= 11 is 1.68. The van der Waals surface area contributed by atoms with Crippen molar-refractivity contribution in [1.82, 2.24) is 14.6 Å². The normalized spacial score (nSPS) is 17.6. The van der Waals surface area contributed by atoms with E-state index in [2.05, 4.69) is 52.9 Å². The molecule has 1 saturated heterocycles. The Morgan fingerprint density at radius 2 is 2.09 bits per heavy atom. The van der Waals surface area contributed by atoms with Crippen LogP contribution in [-0.2, 0) is 28.8 Å². The minimum atomic E-state index is -0.256. The van der Waals surface area contributed by atoms with Crippen LogP contribution >= 0.6 is 11.5 Å². The van der Waals surface area contributed by atoms with Crippen LogP contribution in [0, 0.1) is 6.92 Å². The fourth-order valence-electron chi connectivity index (χ4n) is 5.20. The number of allylic oxidation sites excluding steroid dienone is 2. The van der Waals surface area contributed by atoms with E-state index in [0.29, 0.717) is 0 Å². The number of nitrogens with one attached hydrogen (secondary N) is 1. The fourth-order valence-corrected chi connectivity index (χ4v) is 6.08. The lowest BCUT2D eigenvalue weighted by atomic mass is 10.00. The number of aromatic nitrogens is 1. The Hall–Kier alpha value is -2.68. The topological polar surface area (TPSA) is 60.9 Å². The fraction of sp³-hybridized carbons (Fsp3) is 0.481. The number of benzene rings is 1. The van der Waals surface area contributed by atoms with Crippen LogP contribution in [0.5, 0.6) is 0 Å². The molecular formula is C27H35N5O2S. The van der Waals surface area contributed by atoms with E-state index in [-0.39, 0.29) is 19.2 Å². The first-order valence-electron chi connectivity index (χ1n) is 12.5. The van der Waals surface area contributed by atoms with Gasteiger partial charge in [0.15, 0.2) is 6.73 Å². The second-order valence-electron chi connectivity index (χ2n) is 9.62. The van der Waals surface area contributed by atoms with Gasteiger partial charge in [-0.15, -0.1) is 0 Å². The lowest BCUT2D eigenvalue weighted by molar-refractivity contribution is -0.142. The molecule has 1 aliphatic carbocycles. The number of hydrogen-bond donors (Lipinski definition) is 1.